The number of ketones is 1. The first-order valence-electron chi connectivity index (χ1n) is 10.1. The summed E-state index contributed by atoms with van der Waals surface area (Å²) in [5.41, 5.74) is 2.02. The van der Waals surface area contributed by atoms with Gasteiger partial charge in [0.2, 0.25) is 5.91 Å². The van der Waals surface area contributed by atoms with E-state index in [2.05, 4.69) is 12.1 Å². The third-order valence-corrected chi connectivity index (χ3v) is 5.63. The van der Waals surface area contributed by atoms with Crippen LogP contribution in [-0.2, 0) is 11.2 Å². The second-order valence-electron chi connectivity index (χ2n) is 7.50. The lowest BCUT2D eigenvalue weighted by molar-refractivity contribution is -0.132. The number of nitrogens with zero attached hydrogens (tertiary/aromatic N) is 1. The first kappa shape index (κ1) is 20.1. The summed E-state index contributed by atoms with van der Waals surface area (Å²) in [6.07, 6.45) is 4.92. The molecule has 1 aliphatic rings. The van der Waals surface area contributed by atoms with Crippen LogP contribution in [0.4, 0.5) is 0 Å². The van der Waals surface area contributed by atoms with Gasteiger partial charge in [-0.1, -0.05) is 42.5 Å². The van der Waals surface area contributed by atoms with E-state index in [1.165, 1.54) is 5.56 Å². The second-order valence-corrected chi connectivity index (χ2v) is 7.50. The Morgan fingerprint density at radius 2 is 1.64 bits per heavy atom. The fourth-order valence-electron chi connectivity index (χ4n) is 3.78. The van der Waals surface area contributed by atoms with Gasteiger partial charge in [-0.2, -0.15) is 0 Å². The molecule has 28 heavy (non-hydrogen) atoms. The topological polar surface area (TPSA) is 46.6 Å². The van der Waals surface area contributed by atoms with Gasteiger partial charge in [0.15, 0.2) is 5.78 Å². The summed E-state index contributed by atoms with van der Waals surface area (Å²) >= 11 is 0. The molecule has 0 unspecified atom stereocenters. The van der Waals surface area contributed by atoms with Crippen molar-refractivity contribution in [1.29, 1.82) is 0 Å². The van der Waals surface area contributed by atoms with E-state index >= 15 is 0 Å². The van der Waals surface area contributed by atoms with Gasteiger partial charge in [0.25, 0.3) is 0 Å². The van der Waals surface area contributed by atoms with E-state index in [0.29, 0.717) is 24.3 Å². The van der Waals surface area contributed by atoms with E-state index in [1.807, 2.05) is 35.2 Å². The number of amides is 1. The lowest BCUT2D eigenvalue weighted by Crippen LogP contribution is -2.38. The van der Waals surface area contributed by atoms with Crippen LogP contribution in [0.3, 0.4) is 0 Å². The summed E-state index contributed by atoms with van der Waals surface area (Å²) in [4.78, 5) is 26.5. The smallest absolute Gasteiger partial charge is 0.223 e. The van der Waals surface area contributed by atoms with Gasteiger partial charge in [0.1, 0.15) is 5.75 Å². The van der Waals surface area contributed by atoms with Gasteiger partial charge in [0.05, 0.1) is 7.11 Å². The van der Waals surface area contributed by atoms with Gasteiger partial charge in [-0.3, -0.25) is 9.59 Å². The molecule has 148 valence electrons. The van der Waals surface area contributed by atoms with Gasteiger partial charge in [-0.15, -0.1) is 0 Å². The van der Waals surface area contributed by atoms with Gasteiger partial charge >= 0.3 is 0 Å². The van der Waals surface area contributed by atoms with E-state index in [9.17, 15) is 9.59 Å². The average Bonchev–Trinajstić information content (AvgIpc) is 2.77. The van der Waals surface area contributed by atoms with Crippen LogP contribution in [0.5, 0.6) is 5.75 Å². The molecule has 0 spiro atoms. The molecule has 1 aliphatic heterocycles. The number of Topliss-reactive ketones (excluding diaryl/α,β-unsaturated/α-hetero) is 1. The van der Waals surface area contributed by atoms with Crippen LogP contribution in [0.1, 0.15) is 48.0 Å². The van der Waals surface area contributed by atoms with Crippen LogP contribution in [0.2, 0.25) is 0 Å². The lowest BCUT2D eigenvalue weighted by atomic mass is 9.90. The van der Waals surface area contributed by atoms with Gasteiger partial charge in [-0.05, 0) is 49.3 Å². The molecule has 0 N–H and O–H groups in total. The van der Waals surface area contributed by atoms with Crippen LogP contribution in [-0.4, -0.2) is 36.8 Å². The van der Waals surface area contributed by atoms with Crippen molar-refractivity contribution in [2.75, 3.05) is 20.2 Å². The highest BCUT2D eigenvalue weighted by atomic mass is 16.5. The Morgan fingerprint density at radius 1 is 0.964 bits per heavy atom. The minimum Gasteiger partial charge on any atom is -0.497 e. The Kier molecular flexibility index (Phi) is 7.24. The van der Waals surface area contributed by atoms with Crippen LogP contribution < -0.4 is 4.74 Å². The van der Waals surface area contributed by atoms with Crippen molar-refractivity contribution in [1.82, 2.24) is 4.90 Å². The van der Waals surface area contributed by atoms with Crippen molar-refractivity contribution in [3.8, 4) is 5.75 Å². The van der Waals surface area contributed by atoms with E-state index in [4.69, 9.17) is 4.74 Å². The Hall–Kier alpha value is -2.62. The fourth-order valence-corrected chi connectivity index (χ4v) is 3.78. The first-order valence-corrected chi connectivity index (χ1v) is 10.1. The minimum atomic E-state index is 0.0447. The third kappa shape index (κ3) is 5.69. The molecular weight excluding hydrogens is 350 g/mol. The second kappa shape index (κ2) is 10.1. The summed E-state index contributed by atoms with van der Waals surface area (Å²) in [5, 5.41) is 0. The minimum absolute atomic E-state index is 0.0447. The molecule has 1 heterocycles. The summed E-state index contributed by atoms with van der Waals surface area (Å²) in [7, 11) is 1.68. The van der Waals surface area contributed by atoms with Crippen LogP contribution in [0.15, 0.2) is 54.6 Å². The molecule has 2 aromatic carbocycles. The van der Waals surface area contributed by atoms with Crippen molar-refractivity contribution in [2.45, 2.75) is 38.5 Å². The number of rotatable bonds is 8. The maximum Gasteiger partial charge on any atom is 0.223 e. The van der Waals surface area contributed by atoms with Crippen molar-refractivity contribution in [2.24, 2.45) is 5.92 Å². The number of ether oxygens (including phenoxy) is 1. The molecule has 0 bridgehead atoms. The highest BCUT2D eigenvalue weighted by Gasteiger charge is 2.23. The quantitative estimate of drug-likeness (QED) is 0.633. The van der Waals surface area contributed by atoms with E-state index in [-0.39, 0.29) is 11.7 Å². The molecule has 0 radical (unpaired) electrons. The zero-order valence-corrected chi connectivity index (χ0v) is 16.6. The predicted molar refractivity (Wildman–Crippen MR) is 111 cm³/mol. The highest BCUT2D eigenvalue weighted by Crippen LogP contribution is 2.24. The number of methoxy groups -OCH3 is 1. The monoisotopic (exact) mass is 379 g/mol. The largest absolute Gasteiger partial charge is 0.497 e. The molecule has 0 aliphatic carbocycles. The lowest BCUT2D eigenvalue weighted by Gasteiger charge is -2.32. The zero-order chi connectivity index (χ0) is 19.8. The van der Waals surface area contributed by atoms with Crippen molar-refractivity contribution < 1.29 is 14.3 Å². The highest BCUT2D eigenvalue weighted by molar-refractivity contribution is 5.97. The van der Waals surface area contributed by atoms with E-state index < -0.39 is 0 Å². The average molecular weight is 380 g/mol. The number of benzene rings is 2. The number of hydrogen-bond donors (Lipinski definition) is 0. The number of carbonyl (C=O) groups is 2. The third-order valence-electron chi connectivity index (χ3n) is 5.63. The zero-order valence-electron chi connectivity index (χ0n) is 16.6. The SMILES string of the molecule is COc1ccc(CCC2CCN(C(=O)CCC(=O)c3ccccc3)CC2)cc1. The van der Waals surface area contributed by atoms with Crippen LogP contribution >= 0.6 is 0 Å². The van der Waals surface area contributed by atoms with E-state index in [0.717, 1.165) is 44.5 Å². The number of hydrogen-bond acceptors (Lipinski definition) is 3. The van der Waals surface area contributed by atoms with Crippen molar-refractivity contribution >= 4 is 11.7 Å². The molecule has 0 atom stereocenters. The van der Waals surface area contributed by atoms with Gasteiger partial charge in [0, 0.05) is 31.5 Å². The summed E-state index contributed by atoms with van der Waals surface area (Å²) < 4.78 is 5.20. The molecule has 0 saturated carbocycles. The van der Waals surface area contributed by atoms with Gasteiger partial charge < -0.3 is 9.64 Å². The molecule has 0 aromatic heterocycles. The summed E-state index contributed by atoms with van der Waals surface area (Å²) in [5.74, 6) is 1.71. The first-order chi connectivity index (χ1) is 13.7. The maximum atomic E-state index is 12.4. The van der Waals surface area contributed by atoms with Crippen molar-refractivity contribution in [3.63, 3.8) is 0 Å². The Bertz CT molecular complexity index is 762. The standard InChI is InChI=1S/C24H29NO3/c1-28-22-11-9-19(10-12-22)7-8-20-15-17-25(18-16-20)24(27)14-13-23(26)21-5-3-2-4-6-21/h2-6,9-12,20H,7-8,13-18H2,1H3. The van der Waals surface area contributed by atoms with Crippen molar-refractivity contribution in [3.05, 3.63) is 65.7 Å². The predicted octanol–water partition coefficient (Wildman–Crippen LogP) is 4.53. The number of carbonyl (C=O) groups excluding carboxylic acids is 2. The molecule has 1 saturated heterocycles. The molecule has 2 aromatic rings. The van der Waals surface area contributed by atoms with E-state index in [1.54, 1.807) is 19.2 Å². The molecular formula is C24H29NO3. The molecule has 3 rings (SSSR count). The van der Waals surface area contributed by atoms with Gasteiger partial charge in [-0.25, -0.2) is 0 Å². The number of piperidine rings is 1. The molecule has 4 heteroatoms. The molecule has 1 fully saturated rings. The van der Waals surface area contributed by atoms with Crippen LogP contribution in [0, 0.1) is 5.92 Å². The number of aryl methyl sites for hydroxylation is 1. The Labute approximate surface area is 167 Å². The number of likely N-dealkylation sites (tertiary alicyclic amines) is 1. The Balaban J connectivity index is 1.37. The van der Waals surface area contributed by atoms with Crippen LogP contribution in [0.25, 0.3) is 0 Å². The maximum absolute atomic E-state index is 12.4. The fraction of sp³-hybridized carbons (Fsp3) is 0.417. The summed E-state index contributed by atoms with van der Waals surface area (Å²) in [6, 6.07) is 17.5. The molecule has 4 nitrogen and oxygen atoms in total. The normalized spacial score (nSPS) is 14.7. The summed E-state index contributed by atoms with van der Waals surface area (Å²) in [6.45, 7) is 1.62. The molecule has 1 amide bonds. The Morgan fingerprint density at radius 3 is 2.29 bits per heavy atom.